The van der Waals surface area contributed by atoms with Crippen molar-refractivity contribution in [3.8, 4) is 0 Å². The van der Waals surface area contributed by atoms with E-state index in [2.05, 4.69) is 10.6 Å². The van der Waals surface area contributed by atoms with Crippen LogP contribution in [0.25, 0.3) is 0 Å². The van der Waals surface area contributed by atoms with Gasteiger partial charge in [0, 0.05) is 19.1 Å². The largest absolute Gasteiger partial charge is 0.353 e. The average Bonchev–Trinajstić information content (AvgIpc) is 2.63. The van der Waals surface area contributed by atoms with Crippen LogP contribution in [-0.2, 0) is 4.79 Å². The van der Waals surface area contributed by atoms with Gasteiger partial charge in [-0.3, -0.25) is 4.79 Å². The van der Waals surface area contributed by atoms with Crippen molar-refractivity contribution in [1.82, 2.24) is 15.5 Å². The molecule has 5 nitrogen and oxygen atoms in total. The van der Waals surface area contributed by atoms with Crippen molar-refractivity contribution in [3.63, 3.8) is 0 Å². The van der Waals surface area contributed by atoms with E-state index >= 15 is 0 Å². The van der Waals surface area contributed by atoms with Crippen LogP contribution in [0.2, 0.25) is 0 Å². The molecule has 1 heterocycles. The van der Waals surface area contributed by atoms with Crippen molar-refractivity contribution in [2.45, 2.75) is 59.0 Å². The number of likely N-dealkylation sites (tertiary alicyclic amines) is 1. The summed E-state index contributed by atoms with van der Waals surface area (Å²) in [5.41, 5.74) is 1.48. The zero-order chi connectivity index (χ0) is 19.3. The zero-order valence-electron chi connectivity index (χ0n) is 16.1. The summed E-state index contributed by atoms with van der Waals surface area (Å²) in [6.45, 7) is 8.49. The van der Waals surface area contributed by atoms with E-state index in [4.69, 9.17) is 0 Å². The molecule has 1 saturated heterocycles. The number of halogens is 1. The quantitative estimate of drug-likeness (QED) is 0.841. The Morgan fingerprint density at radius 1 is 1.31 bits per heavy atom. The van der Waals surface area contributed by atoms with Crippen molar-refractivity contribution < 1.29 is 14.0 Å². The summed E-state index contributed by atoms with van der Waals surface area (Å²) in [7, 11) is 0. The molecule has 3 amide bonds. The van der Waals surface area contributed by atoms with Gasteiger partial charge in [0.15, 0.2) is 0 Å². The summed E-state index contributed by atoms with van der Waals surface area (Å²) in [4.78, 5) is 26.8. The van der Waals surface area contributed by atoms with E-state index < -0.39 is 0 Å². The third kappa shape index (κ3) is 4.74. The molecule has 26 heavy (non-hydrogen) atoms. The molecule has 0 spiro atoms. The minimum atomic E-state index is -0.250. The Morgan fingerprint density at radius 3 is 2.65 bits per heavy atom. The number of urea groups is 1. The summed E-state index contributed by atoms with van der Waals surface area (Å²) < 4.78 is 13.6. The molecule has 0 radical (unpaired) electrons. The molecule has 0 unspecified atom stereocenters. The van der Waals surface area contributed by atoms with Crippen LogP contribution in [0.4, 0.5) is 9.18 Å². The number of aryl methyl sites for hydroxylation is 1. The van der Waals surface area contributed by atoms with Gasteiger partial charge >= 0.3 is 6.03 Å². The Hall–Kier alpha value is -2.11. The number of carbonyl (C=O) groups is 2. The lowest BCUT2D eigenvalue weighted by atomic mass is 9.88. The minimum Gasteiger partial charge on any atom is -0.353 e. The lowest BCUT2D eigenvalue weighted by Crippen LogP contribution is -2.51. The van der Waals surface area contributed by atoms with E-state index in [-0.39, 0.29) is 35.8 Å². The zero-order valence-corrected chi connectivity index (χ0v) is 16.1. The Labute approximate surface area is 155 Å². The number of rotatable bonds is 5. The molecule has 0 bridgehead atoms. The first-order valence-corrected chi connectivity index (χ1v) is 9.48. The maximum atomic E-state index is 13.6. The molecular formula is C20H30FN3O2. The predicted molar refractivity (Wildman–Crippen MR) is 100 cm³/mol. The predicted octanol–water partition coefficient (Wildman–Crippen LogP) is 3.53. The number of benzene rings is 1. The summed E-state index contributed by atoms with van der Waals surface area (Å²) in [5.74, 6) is -0.466. The number of nitrogens with zero attached hydrogens (tertiary/aromatic N) is 1. The molecule has 0 saturated carbocycles. The molecule has 2 rings (SSSR count). The van der Waals surface area contributed by atoms with Crippen LogP contribution < -0.4 is 10.6 Å². The molecular weight excluding hydrogens is 333 g/mol. The lowest BCUT2D eigenvalue weighted by Gasteiger charge is -2.39. The SMILES string of the molecule is CCNC(=O)N1C[C@H](C(=O)N[C@H](C)CC)CC[C@H]1c1ccc(F)c(C)c1. The number of carbonyl (C=O) groups excluding carboxylic acids is 2. The van der Waals surface area contributed by atoms with Crippen LogP contribution in [0.15, 0.2) is 18.2 Å². The first-order valence-electron chi connectivity index (χ1n) is 9.48. The van der Waals surface area contributed by atoms with E-state index in [1.54, 1.807) is 24.0 Å². The van der Waals surface area contributed by atoms with Gasteiger partial charge < -0.3 is 15.5 Å². The van der Waals surface area contributed by atoms with Crippen LogP contribution in [-0.4, -0.2) is 36.0 Å². The molecule has 1 aliphatic heterocycles. The first kappa shape index (κ1) is 20.2. The Morgan fingerprint density at radius 2 is 2.04 bits per heavy atom. The second-order valence-corrected chi connectivity index (χ2v) is 7.10. The topological polar surface area (TPSA) is 61.4 Å². The van der Waals surface area contributed by atoms with E-state index in [9.17, 15) is 14.0 Å². The molecule has 1 fully saturated rings. The van der Waals surface area contributed by atoms with Crippen LogP contribution >= 0.6 is 0 Å². The highest BCUT2D eigenvalue weighted by atomic mass is 19.1. The lowest BCUT2D eigenvalue weighted by molar-refractivity contribution is -0.127. The van der Waals surface area contributed by atoms with Crippen LogP contribution in [0.1, 0.15) is 57.2 Å². The summed E-state index contributed by atoms with van der Waals surface area (Å²) in [6, 6.07) is 4.78. The highest BCUT2D eigenvalue weighted by Gasteiger charge is 2.35. The van der Waals surface area contributed by atoms with Crippen molar-refractivity contribution in [3.05, 3.63) is 35.1 Å². The summed E-state index contributed by atoms with van der Waals surface area (Å²) in [6.07, 6.45) is 2.26. The number of hydrogen-bond donors (Lipinski definition) is 2. The van der Waals surface area contributed by atoms with Gasteiger partial charge in [0.2, 0.25) is 5.91 Å². The molecule has 6 heteroatoms. The number of piperidine rings is 1. The number of amides is 3. The monoisotopic (exact) mass is 363 g/mol. The molecule has 1 aliphatic rings. The molecule has 0 aliphatic carbocycles. The molecule has 144 valence electrons. The molecule has 3 atom stereocenters. The Kier molecular flexibility index (Phi) is 7.00. The number of hydrogen-bond acceptors (Lipinski definition) is 2. The third-order valence-corrected chi connectivity index (χ3v) is 5.11. The second kappa shape index (κ2) is 9.01. The third-order valence-electron chi connectivity index (χ3n) is 5.11. The first-order chi connectivity index (χ1) is 12.4. The maximum absolute atomic E-state index is 13.6. The maximum Gasteiger partial charge on any atom is 0.317 e. The summed E-state index contributed by atoms with van der Waals surface area (Å²) >= 11 is 0. The van der Waals surface area contributed by atoms with Crippen LogP contribution in [0, 0.1) is 18.7 Å². The van der Waals surface area contributed by atoms with Gasteiger partial charge in [-0.1, -0.05) is 19.1 Å². The standard InChI is InChI=1S/C20H30FN3O2/c1-5-14(4)23-19(25)16-8-10-18(24(12-16)20(26)22-6-2)15-7-9-17(21)13(3)11-15/h7,9,11,14,16,18H,5-6,8,10,12H2,1-4H3,(H,22,26)(H,23,25)/t14-,16-,18+/m1/s1. The molecule has 2 N–H and O–H groups in total. The fraction of sp³-hybridized carbons (Fsp3) is 0.600. The minimum absolute atomic E-state index is 0.00221. The molecule has 0 aromatic heterocycles. The van der Waals surface area contributed by atoms with Gasteiger partial charge in [-0.2, -0.15) is 0 Å². The van der Waals surface area contributed by atoms with Crippen molar-refractivity contribution in [2.24, 2.45) is 5.92 Å². The Bertz CT molecular complexity index is 650. The van der Waals surface area contributed by atoms with Gasteiger partial charge in [0.25, 0.3) is 0 Å². The smallest absolute Gasteiger partial charge is 0.317 e. The second-order valence-electron chi connectivity index (χ2n) is 7.10. The van der Waals surface area contributed by atoms with Gasteiger partial charge in [0.1, 0.15) is 5.82 Å². The average molecular weight is 363 g/mol. The fourth-order valence-corrected chi connectivity index (χ4v) is 3.35. The van der Waals surface area contributed by atoms with Crippen molar-refractivity contribution in [1.29, 1.82) is 0 Å². The van der Waals surface area contributed by atoms with Gasteiger partial charge in [-0.15, -0.1) is 0 Å². The van der Waals surface area contributed by atoms with E-state index in [0.717, 1.165) is 12.0 Å². The highest BCUT2D eigenvalue weighted by molar-refractivity contribution is 5.81. The fourth-order valence-electron chi connectivity index (χ4n) is 3.35. The highest BCUT2D eigenvalue weighted by Crippen LogP contribution is 2.34. The van der Waals surface area contributed by atoms with Crippen LogP contribution in [0.5, 0.6) is 0 Å². The van der Waals surface area contributed by atoms with Crippen molar-refractivity contribution in [2.75, 3.05) is 13.1 Å². The van der Waals surface area contributed by atoms with E-state index in [1.165, 1.54) is 6.07 Å². The van der Waals surface area contributed by atoms with Gasteiger partial charge in [0.05, 0.1) is 12.0 Å². The van der Waals surface area contributed by atoms with Crippen LogP contribution in [0.3, 0.4) is 0 Å². The molecule has 1 aromatic carbocycles. The van der Waals surface area contributed by atoms with Crippen molar-refractivity contribution >= 4 is 11.9 Å². The summed E-state index contributed by atoms with van der Waals surface area (Å²) in [5, 5.41) is 5.85. The van der Waals surface area contributed by atoms with Gasteiger partial charge in [-0.25, -0.2) is 9.18 Å². The Balaban J connectivity index is 2.20. The molecule has 1 aromatic rings. The van der Waals surface area contributed by atoms with E-state index in [1.807, 2.05) is 20.8 Å². The van der Waals surface area contributed by atoms with E-state index in [0.29, 0.717) is 31.5 Å². The number of nitrogens with one attached hydrogen (secondary N) is 2. The normalized spacial score (nSPS) is 21.2. The van der Waals surface area contributed by atoms with Gasteiger partial charge in [-0.05, 0) is 57.2 Å².